The highest BCUT2D eigenvalue weighted by molar-refractivity contribution is 5.44. The molecule has 2 heteroatoms. The second-order valence-electron chi connectivity index (χ2n) is 5.17. The number of aromatic hydroxyl groups is 1. The van der Waals surface area contributed by atoms with Gasteiger partial charge in [0.1, 0.15) is 5.75 Å². The standard InChI is InChI=1S/C14H19NO/c16-14-8-12-3-1-2-11(12)7-13(14)6-10-4-5-15-9-10/h7-8,10,15-16H,1-6,9H2. The van der Waals surface area contributed by atoms with Crippen LogP contribution in [0.15, 0.2) is 12.1 Å². The Morgan fingerprint density at radius 2 is 2.06 bits per heavy atom. The van der Waals surface area contributed by atoms with E-state index in [1.165, 1.54) is 30.4 Å². The van der Waals surface area contributed by atoms with Gasteiger partial charge in [-0.25, -0.2) is 0 Å². The van der Waals surface area contributed by atoms with Crippen LogP contribution in [0.4, 0.5) is 0 Å². The van der Waals surface area contributed by atoms with Gasteiger partial charge in [-0.3, -0.25) is 0 Å². The van der Waals surface area contributed by atoms with Crippen LogP contribution in [0.3, 0.4) is 0 Å². The first kappa shape index (κ1) is 10.2. The summed E-state index contributed by atoms with van der Waals surface area (Å²) in [5, 5.41) is 13.4. The van der Waals surface area contributed by atoms with Crippen LogP contribution in [0.2, 0.25) is 0 Å². The molecule has 0 aromatic heterocycles. The van der Waals surface area contributed by atoms with Gasteiger partial charge in [-0.05, 0) is 73.9 Å². The molecule has 16 heavy (non-hydrogen) atoms. The third-order valence-electron chi connectivity index (χ3n) is 3.96. The van der Waals surface area contributed by atoms with Gasteiger partial charge in [0.2, 0.25) is 0 Å². The molecule has 1 aromatic carbocycles. The zero-order valence-electron chi connectivity index (χ0n) is 9.63. The lowest BCUT2D eigenvalue weighted by Crippen LogP contribution is -2.11. The summed E-state index contributed by atoms with van der Waals surface area (Å²) in [6.07, 6.45) is 5.88. The van der Waals surface area contributed by atoms with Gasteiger partial charge in [-0.1, -0.05) is 6.07 Å². The minimum Gasteiger partial charge on any atom is -0.508 e. The molecule has 1 atom stereocenters. The number of hydrogen-bond acceptors (Lipinski definition) is 2. The highest BCUT2D eigenvalue weighted by Gasteiger charge is 2.19. The first-order chi connectivity index (χ1) is 7.83. The molecule has 0 saturated carbocycles. The van der Waals surface area contributed by atoms with E-state index in [0.29, 0.717) is 11.7 Å². The summed E-state index contributed by atoms with van der Waals surface area (Å²) in [5.41, 5.74) is 4.00. The number of phenols is 1. The maximum Gasteiger partial charge on any atom is 0.119 e. The average Bonchev–Trinajstić information content (AvgIpc) is 2.89. The van der Waals surface area contributed by atoms with Crippen molar-refractivity contribution in [2.24, 2.45) is 5.92 Å². The van der Waals surface area contributed by atoms with E-state index in [1.807, 2.05) is 6.07 Å². The van der Waals surface area contributed by atoms with Gasteiger partial charge >= 0.3 is 0 Å². The number of benzene rings is 1. The molecular formula is C14H19NO. The second kappa shape index (κ2) is 4.10. The van der Waals surface area contributed by atoms with Crippen molar-refractivity contribution in [1.29, 1.82) is 0 Å². The fourth-order valence-corrected chi connectivity index (χ4v) is 3.03. The summed E-state index contributed by atoms with van der Waals surface area (Å²) < 4.78 is 0. The zero-order valence-corrected chi connectivity index (χ0v) is 9.63. The molecule has 0 amide bonds. The monoisotopic (exact) mass is 217 g/mol. The van der Waals surface area contributed by atoms with Crippen molar-refractivity contribution in [2.75, 3.05) is 13.1 Å². The molecule has 2 nitrogen and oxygen atoms in total. The largest absolute Gasteiger partial charge is 0.508 e. The quantitative estimate of drug-likeness (QED) is 0.794. The van der Waals surface area contributed by atoms with E-state index in [0.717, 1.165) is 31.5 Å². The normalized spacial score (nSPS) is 23.6. The first-order valence-corrected chi connectivity index (χ1v) is 6.37. The molecule has 0 spiro atoms. The van der Waals surface area contributed by atoms with Crippen molar-refractivity contribution >= 4 is 0 Å². The number of nitrogens with one attached hydrogen (secondary N) is 1. The smallest absolute Gasteiger partial charge is 0.119 e. The van der Waals surface area contributed by atoms with Crippen LogP contribution in [-0.4, -0.2) is 18.2 Å². The molecule has 86 valence electrons. The Hall–Kier alpha value is -1.02. The fourth-order valence-electron chi connectivity index (χ4n) is 3.03. The summed E-state index contributed by atoms with van der Waals surface area (Å²) >= 11 is 0. The van der Waals surface area contributed by atoms with E-state index in [-0.39, 0.29) is 0 Å². The lowest BCUT2D eigenvalue weighted by atomic mass is 9.95. The van der Waals surface area contributed by atoms with E-state index in [1.54, 1.807) is 0 Å². The Morgan fingerprint density at radius 1 is 1.25 bits per heavy atom. The van der Waals surface area contributed by atoms with Crippen LogP contribution >= 0.6 is 0 Å². The summed E-state index contributed by atoms with van der Waals surface area (Å²) in [6, 6.07) is 4.25. The summed E-state index contributed by atoms with van der Waals surface area (Å²) in [6.45, 7) is 2.24. The number of rotatable bonds is 2. The SMILES string of the molecule is Oc1cc2c(cc1CC1CCNC1)CCC2. The molecule has 1 unspecified atom stereocenters. The van der Waals surface area contributed by atoms with Crippen molar-refractivity contribution in [3.63, 3.8) is 0 Å². The lowest BCUT2D eigenvalue weighted by Gasteiger charge is -2.12. The molecule has 1 aromatic rings. The van der Waals surface area contributed by atoms with Crippen molar-refractivity contribution < 1.29 is 5.11 Å². The summed E-state index contributed by atoms with van der Waals surface area (Å²) in [4.78, 5) is 0. The molecule has 2 aliphatic rings. The van der Waals surface area contributed by atoms with Gasteiger partial charge in [0.15, 0.2) is 0 Å². The van der Waals surface area contributed by atoms with Crippen molar-refractivity contribution in [3.8, 4) is 5.75 Å². The van der Waals surface area contributed by atoms with Gasteiger partial charge in [-0.15, -0.1) is 0 Å². The number of hydrogen-bond donors (Lipinski definition) is 2. The molecule has 1 aliphatic carbocycles. The molecule has 1 aliphatic heterocycles. The van der Waals surface area contributed by atoms with Crippen molar-refractivity contribution in [3.05, 3.63) is 28.8 Å². The molecule has 1 heterocycles. The molecule has 0 radical (unpaired) electrons. The van der Waals surface area contributed by atoms with Crippen molar-refractivity contribution in [1.82, 2.24) is 5.32 Å². The number of aryl methyl sites for hydroxylation is 2. The van der Waals surface area contributed by atoms with Gasteiger partial charge in [0.05, 0.1) is 0 Å². The Bertz CT molecular complexity index is 394. The van der Waals surface area contributed by atoms with E-state index in [2.05, 4.69) is 11.4 Å². The highest BCUT2D eigenvalue weighted by Crippen LogP contribution is 2.31. The molecule has 2 N–H and O–H groups in total. The maximum absolute atomic E-state index is 10.0. The molecule has 1 saturated heterocycles. The van der Waals surface area contributed by atoms with Gasteiger partial charge < -0.3 is 10.4 Å². The third-order valence-corrected chi connectivity index (χ3v) is 3.96. The van der Waals surface area contributed by atoms with Crippen LogP contribution in [0.25, 0.3) is 0 Å². The van der Waals surface area contributed by atoms with E-state index in [4.69, 9.17) is 0 Å². The number of phenolic OH excluding ortho intramolecular Hbond substituents is 1. The molecular weight excluding hydrogens is 198 g/mol. The van der Waals surface area contributed by atoms with Gasteiger partial charge in [-0.2, -0.15) is 0 Å². The Balaban J connectivity index is 1.83. The van der Waals surface area contributed by atoms with Crippen LogP contribution in [0, 0.1) is 5.92 Å². The maximum atomic E-state index is 10.0. The van der Waals surface area contributed by atoms with Gasteiger partial charge in [0.25, 0.3) is 0 Å². The van der Waals surface area contributed by atoms with Crippen LogP contribution in [-0.2, 0) is 19.3 Å². The Kier molecular flexibility index (Phi) is 2.60. The molecule has 3 rings (SSSR count). The summed E-state index contributed by atoms with van der Waals surface area (Å²) in [7, 11) is 0. The molecule has 0 bridgehead atoms. The van der Waals surface area contributed by atoms with E-state index < -0.39 is 0 Å². The first-order valence-electron chi connectivity index (χ1n) is 6.37. The zero-order chi connectivity index (χ0) is 11.0. The van der Waals surface area contributed by atoms with Crippen molar-refractivity contribution in [2.45, 2.75) is 32.1 Å². The summed E-state index contributed by atoms with van der Waals surface area (Å²) in [5.74, 6) is 1.23. The van der Waals surface area contributed by atoms with E-state index in [9.17, 15) is 5.11 Å². The topological polar surface area (TPSA) is 32.3 Å². The van der Waals surface area contributed by atoms with Crippen LogP contribution in [0.1, 0.15) is 29.5 Å². The second-order valence-corrected chi connectivity index (χ2v) is 5.17. The fraction of sp³-hybridized carbons (Fsp3) is 0.571. The average molecular weight is 217 g/mol. The Morgan fingerprint density at radius 3 is 2.81 bits per heavy atom. The third kappa shape index (κ3) is 1.82. The Labute approximate surface area is 96.7 Å². The van der Waals surface area contributed by atoms with Crippen LogP contribution < -0.4 is 5.32 Å². The number of fused-ring (bicyclic) bond motifs is 1. The van der Waals surface area contributed by atoms with Crippen LogP contribution in [0.5, 0.6) is 5.75 Å². The highest BCUT2D eigenvalue weighted by atomic mass is 16.3. The molecule has 1 fully saturated rings. The lowest BCUT2D eigenvalue weighted by molar-refractivity contribution is 0.458. The predicted molar refractivity (Wildman–Crippen MR) is 64.8 cm³/mol. The van der Waals surface area contributed by atoms with E-state index >= 15 is 0 Å². The minimum absolute atomic E-state index is 0.521. The minimum atomic E-state index is 0.521. The predicted octanol–water partition coefficient (Wildman–Crippen LogP) is 2.03. The van der Waals surface area contributed by atoms with Gasteiger partial charge in [0, 0.05) is 0 Å².